The molecule has 3 aromatic rings. The molecular formula is C19H16BrClN2. The SMILES string of the molecule is Cc1cc(C=Nc2ccc(Br)cc2)c(C)n1-c1cccc(Cl)c1. The van der Waals surface area contributed by atoms with E-state index < -0.39 is 0 Å². The normalized spacial score (nSPS) is 11.3. The first-order chi connectivity index (χ1) is 11.0. The van der Waals surface area contributed by atoms with Crippen LogP contribution in [0.1, 0.15) is 17.0 Å². The summed E-state index contributed by atoms with van der Waals surface area (Å²) < 4.78 is 3.24. The number of aliphatic imine (C=N–C) groups is 1. The fourth-order valence-corrected chi connectivity index (χ4v) is 3.05. The molecule has 3 rings (SSSR count). The fraction of sp³-hybridized carbons (Fsp3) is 0.105. The van der Waals surface area contributed by atoms with Gasteiger partial charge in [-0.25, -0.2) is 0 Å². The van der Waals surface area contributed by atoms with Gasteiger partial charge in [-0.1, -0.05) is 33.6 Å². The van der Waals surface area contributed by atoms with Gasteiger partial charge < -0.3 is 4.57 Å². The summed E-state index contributed by atoms with van der Waals surface area (Å²) in [6, 6.07) is 18.0. The minimum absolute atomic E-state index is 0.736. The molecule has 1 aromatic heterocycles. The summed E-state index contributed by atoms with van der Waals surface area (Å²) in [5.74, 6) is 0. The molecule has 0 bridgehead atoms. The Balaban J connectivity index is 1.96. The lowest BCUT2D eigenvalue weighted by atomic mass is 10.2. The molecule has 116 valence electrons. The minimum Gasteiger partial charge on any atom is -0.318 e. The van der Waals surface area contributed by atoms with Crippen LogP contribution < -0.4 is 0 Å². The average molecular weight is 388 g/mol. The smallest absolute Gasteiger partial charge is 0.0630 e. The molecule has 0 atom stereocenters. The second-order valence-electron chi connectivity index (χ2n) is 5.38. The van der Waals surface area contributed by atoms with Gasteiger partial charge in [0.1, 0.15) is 0 Å². The van der Waals surface area contributed by atoms with E-state index in [0.717, 1.165) is 37.8 Å². The molecule has 0 spiro atoms. The molecule has 0 aliphatic carbocycles. The van der Waals surface area contributed by atoms with Crippen molar-refractivity contribution in [2.24, 2.45) is 4.99 Å². The Morgan fingerprint density at radius 3 is 2.48 bits per heavy atom. The third-order valence-electron chi connectivity index (χ3n) is 3.72. The molecule has 0 aliphatic heterocycles. The van der Waals surface area contributed by atoms with Gasteiger partial charge in [-0.15, -0.1) is 0 Å². The maximum Gasteiger partial charge on any atom is 0.0630 e. The van der Waals surface area contributed by atoms with E-state index in [0.29, 0.717) is 0 Å². The Hall–Kier alpha value is -1.84. The molecule has 2 aromatic carbocycles. The van der Waals surface area contributed by atoms with E-state index >= 15 is 0 Å². The van der Waals surface area contributed by atoms with E-state index in [4.69, 9.17) is 11.6 Å². The van der Waals surface area contributed by atoms with E-state index in [1.54, 1.807) is 0 Å². The molecule has 23 heavy (non-hydrogen) atoms. The number of aryl methyl sites for hydroxylation is 1. The molecule has 4 heteroatoms. The first kappa shape index (κ1) is 16.0. The Bertz CT molecular complexity index is 864. The minimum atomic E-state index is 0.736. The van der Waals surface area contributed by atoms with Crippen molar-refractivity contribution >= 4 is 39.4 Å². The monoisotopic (exact) mass is 386 g/mol. The Morgan fingerprint density at radius 1 is 1.04 bits per heavy atom. The van der Waals surface area contributed by atoms with Crippen molar-refractivity contribution in [2.75, 3.05) is 0 Å². The van der Waals surface area contributed by atoms with Crippen LogP contribution in [-0.4, -0.2) is 10.8 Å². The lowest BCUT2D eigenvalue weighted by Crippen LogP contribution is -1.99. The van der Waals surface area contributed by atoms with Crippen LogP contribution >= 0.6 is 27.5 Å². The van der Waals surface area contributed by atoms with Crippen LogP contribution in [0.5, 0.6) is 0 Å². The molecular weight excluding hydrogens is 372 g/mol. The zero-order valence-electron chi connectivity index (χ0n) is 12.9. The highest BCUT2D eigenvalue weighted by molar-refractivity contribution is 9.10. The summed E-state index contributed by atoms with van der Waals surface area (Å²) in [7, 11) is 0. The van der Waals surface area contributed by atoms with Crippen molar-refractivity contribution in [1.29, 1.82) is 0 Å². The third kappa shape index (κ3) is 3.57. The van der Waals surface area contributed by atoms with Crippen LogP contribution in [0.15, 0.2) is 64.1 Å². The number of benzene rings is 2. The zero-order chi connectivity index (χ0) is 16.4. The Kier molecular flexibility index (Phi) is 4.69. The number of hydrogen-bond acceptors (Lipinski definition) is 1. The van der Waals surface area contributed by atoms with Crippen molar-refractivity contribution in [3.63, 3.8) is 0 Å². The Labute approximate surface area is 149 Å². The molecule has 0 unspecified atom stereocenters. The Morgan fingerprint density at radius 2 is 1.78 bits per heavy atom. The van der Waals surface area contributed by atoms with Gasteiger partial charge in [0.25, 0.3) is 0 Å². The summed E-state index contributed by atoms with van der Waals surface area (Å²) in [6.07, 6.45) is 1.91. The van der Waals surface area contributed by atoms with E-state index in [9.17, 15) is 0 Å². The van der Waals surface area contributed by atoms with Crippen LogP contribution in [0.3, 0.4) is 0 Å². The van der Waals surface area contributed by atoms with Crippen molar-refractivity contribution in [1.82, 2.24) is 4.57 Å². The molecule has 1 heterocycles. The van der Waals surface area contributed by atoms with Crippen LogP contribution in [0.2, 0.25) is 5.02 Å². The topological polar surface area (TPSA) is 17.3 Å². The number of aromatic nitrogens is 1. The van der Waals surface area contributed by atoms with Gasteiger partial charge >= 0.3 is 0 Å². The van der Waals surface area contributed by atoms with Gasteiger partial charge in [0, 0.05) is 38.3 Å². The molecule has 0 aliphatic rings. The number of halogens is 2. The molecule has 0 N–H and O–H groups in total. The second-order valence-corrected chi connectivity index (χ2v) is 6.73. The van der Waals surface area contributed by atoms with Gasteiger partial charge in [-0.2, -0.15) is 0 Å². The quantitative estimate of drug-likeness (QED) is 0.472. The predicted octanol–water partition coefficient (Wildman–Crippen LogP) is 6.26. The molecule has 0 amide bonds. The molecule has 2 nitrogen and oxygen atoms in total. The highest BCUT2D eigenvalue weighted by Gasteiger charge is 2.09. The summed E-state index contributed by atoms with van der Waals surface area (Å²) in [5.41, 5.74) is 5.40. The highest BCUT2D eigenvalue weighted by atomic mass is 79.9. The van der Waals surface area contributed by atoms with Crippen LogP contribution in [0.4, 0.5) is 5.69 Å². The first-order valence-corrected chi connectivity index (χ1v) is 8.46. The maximum atomic E-state index is 6.12. The molecule has 0 fully saturated rings. The highest BCUT2D eigenvalue weighted by Crippen LogP contribution is 2.23. The molecule has 0 saturated carbocycles. The average Bonchev–Trinajstić information content (AvgIpc) is 2.81. The first-order valence-electron chi connectivity index (χ1n) is 7.29. The van der Waals surface area contributed by atoms with Crippen molar-refractivity contribution < 1.29 is 0 Å². The van der Waals surface area contributed by atoms with E-state index in [2.05, 4.69) is 51.5 Å². The summed E-state index contributed by atoms with van der Waals surface area (Å²) >= 11 is 9.55. The van der Waals surface area contributed by atoms with Crippen molar-refractivity contribution in [3.05, 3.63) is 81.0 Å². The summed E-state index contributed by atoms with van der Waals surface area (Å²) in [6.45, 7) is 4.18. The second kappa shape index (κ2) is 6.73. The predicted molar refractivity (Wildman–Crippen MR) is 102 cm³/mol. The lowest BCUT2D eigenvalue weighted by Gasteiger charge is -2.09. The molecule has 0 saturated heterocycles. The van der Waals surface area contributed by atoms with Gasteiger partial charge in [0.15, 0.2) is 0 Å². The van der Waals surface area contributed by atoms with Gasteiger partial charge in [-0.3, -0.25) is 4.99 Å². The zero-order valence-corrected chi connectivity index (χ0v) is 15.3. The van der Waals surface area contributed by atoms with E-state index in [1.807, 2.05) is 48.7 Å². The standard InChI is InChI=1S/C19H16BrClN2/c1-13-10-15(12-22-18-8-6-16(20)7-9-18)14(2)23(13)19-5-3-4-17(21)11-19/h3-12H,1-2H3. The van der Waals surface area contributed by atoms with E-state index in [1.165, 1.54) is 0 Å². The van der Waals surface area contributed by atoms with Gasteiger partial charge in [0.05, 0.1) is 5.69 Å². The van der Waals surface area contributed by atoms with Gasteiger partial charge in [-0.05, 0) is 62.4 Å². The van der Waals surface area contributed by atoms with Gasteiger partial charge in [0.2, 0.25) is 0 Å². The van der Waals surface area contributed by atoms with Crippen LogP contribution in [-0.2, 0) is 0 Å². The van der Waals surface area contributed by atoms with Crippen molar-refractivity contribution in [3.8, 4) is 5.69 Å². The van der Waals surface area contributed by atoms with Crippen LogP contribution in [0, 0.1) is 13.8 Å². The van der Waals surface area contributed by atoms with Crippen molar-refractivity contribution in [2.45, 2.75) is 13.8 Å². The summed E-state index contributed by atoms with van der Waals surface area (Å²) in [4.78, 5) is 4.56. The fourth-order valence-electron chi connectivity index (χ4n) is 2.60. The lowest BCUT2D eigenvalue weighted by molar-refractivity contribution is 0.965. The molecule has 0 radical (unpaired) electrons. The third-order valence-corrected chi connectivity index (χ3v) is 4.48. The van der Waals surface area contributed by atoms with Crippen LogP contribution in [0.25, 0.3) is 5.69 Å². The largest absolute Gasteiger partial charge is 0.318 e. The van der Waals surface area contributed by atoms with E-state index in [-0.39, 0.29) is 0 Å². The number of nitrogens with zero attached hydrogens (tertiary/aromatic N) is 2. The maximum absolute atomic E-state index is 6.12. The number of rotatable bonds is 3. The summed E-state index contributed by atoms with van der Waals surface area (Å²) in [5, 5.41) is 0.736. The number of hydrogen-bond donors (Lipinski definition) is 0.